The predicted octanol–water partition coefficient (Wildman–Crippen LogP) is 2.40. The molecule has 0 saturated heterocycles. The summed E-state index contributed by atoms with van der Waals surface area (Å²) >= 11 is 1.45. The lowest BCUT2D eigenvalue weighted by atomic mass is 10.3. The van der Waals surface area contributed by atoms with Crippen molar-refractivity contribution in [1.29, 1.82) is 0 Å². The van der Waals surface area contributed by atoms with Crippen molar-refractivity contribution in [1.82, 2.24) is 9.29 Å². The van der Waals surface area contributed by atoms with Crippen LogP contribution in [0.2, 0.25) is 0 Å². The molecule has 5 nitrogen and oxygen atoms in total. The van der Waals surface area contributed by atoms with Crippen LogP contribution in [-0.4, -0.2) is 31.3 Å². The average Bonchev–Trinajstić information content (AvgIpc) is 2.92. The van der Waals surface area contributed by atoms with Gasteiger partial charge in [-0.25, -0.2) is 13.4 Å². The Balaban J connectivity index is 2.30. The van der Waals surface area contributed by atoms with E-state index in [1.54, 1.807) is 30.8 Å². The number of nitrogens with zero attached hydrogens (tertiary/aromatic N) is 2. The second-order valence-corrected chi connectivity index (χ2v) is 7.00. The van der Waals surface area contributed by atoms with Gasteiger partial charge in [0.25, 0.3) is 0 Å². The van der Waals surface area contributed by atoms with Gasteiger partial charge in [0.1, 0.15) is 4.90 Å². The van der Waals surface area contributed by atoms with Crippen LogP contribution >= 0.6 is 11.3 Å². The van der Waals surface area contributed by atoms with Gasteiger partial charge in [-0.1, -0.05) is 12.1 Å². The van der Waals surface area contributed by atoms with Gasteiger partial charge in [-0.3, -0.25) is 0 Å². The number of nitrogens with one attached hydrogen (secondary N) is 1. The topological polar surface area (TPSA) is 62.3 Å². The van der Waals surface area contributed by atoms with E-state index in [2.05, 4.69) is 10.3 Å². The number of sulfonamides is 1. The molecule has 108 valence electrons. The van der Waals surface area contributed by atoms with Crippen LogP contribution in [0, 0.1) is 0 Å². The number of hydrogen-bond acceptors (Lipinski definition) is 5. The Hall–Kier alpha value is -1.44. The van der Waals surface area contributed by atoms with Crippen LogP contribution in [0.3, 0.4) is 0 Å². The third kappa shape index (κ3) is 3.17. The van der Waals surface area contributed by atoms with Crippen molar-refractivity contribution in [3.63, 3.8) is 0 Å². The zero-order valence-corrected chi connectivity index (χ0v) is 13.0. The minimum atomic E-state index is -3.53. The lowest BCUT2D eigenvalue weighted by molar-refractivity contribution is 0.463. The molecule has 2 rings (SSSR count). The highest BCUT2D eigenvalue weighted by molar-refractivity contribution is 7.89. The molecular formula is C13H17N3O2S2. The Morgan fingerprint density at radius 1 is 1.35 bits per heavy atom. The van der Waals surface area contributed by atoms with Crippen LogP contribution in [0.5, 0.6) is 0 Å². The van der Waals surface area contributed by atoms with Gasteiger partial charge in [-0.05, 0) is 19.1 Å². The molecule has 7 heteroatoms. The summed E-state index contributed by atoms with van der Waals surface area (Å²) in [7, 11) is -1.97. The van der Waals surface area contributed by atoms with Crippen molar-refractivity contribution >= 4 is 27.0 Å². The van der Waals surface area contributed by atoms with Crippen molar-refractivity contribution in [2.45, 2.75) is 18.4 Å². The molecule has 20 heavy (non-hydrogen) atoms. The number of thiazole rings is 1. The Labute approximate surface area is 123 Å². The Morgan fingerprint density at radius 3 is 2.75 bits per heavy atom. The summed E-state index contributed by atoms with van der Waals surface area (Å²) in [5.41, 5.74) is 3.07. The standard InChI is InChI=1S/C13H17N3O2S2/c1-3-14-12-6-4-5-7-13(12)20(17,18)16(2)8-11-9-19-10-15-11/h4-7,9-10,14H,3,8H2,1-2H3. The van der Waals surface area contributed by atoms with E-state index in [4.69, 9.17) is 0 Å². The molecule has 1 heterocycles. The van der Waals surface area contributed by atoms with Gasteiger partial charge >= 0.3 is 0 Å². The first-order chi connectivity index (χ1) is 9.55. The quantitative estimate of drug-likeness (QED) is 0.890. The van der Waals surface area contributed by atoms with E-state index in [0.717, 1.165) is 5.69 Å². The molecule has 0 spiro atoms. The zero-order valence-electron chi connectivity index (χ0n) is 11.4. The maximum atomic E-state index is 12.6. The fourth-order valence-corrected chi connectivity index (χ4v) is 3.68. The SMILES string of the molecule is CCNc1ccccc1S(=O)(=O)N(C)Cc1cscn1. The van der Waals surface area contributed by atoms with Gasteiger partial charge in [0.05, 0.1) is 23.4 Å². The molecule has 0 unspecified atom stereocenters. The summed E-state index contributed by atoms with van der Waals surface area (Å²) in [6.07, 6.45) is 0. The lowest BCUT2D eigenvalue weighted by Crippen LogP contribution is -2.27. The van der Waals surface area contributed by atoms with E-state index in [-0.39, 0.29) is 6.54 Å². The van der Waals surface area contributed by atoms with Crippen LogP contribution in [0.15, 0.2) is 40.1 Å². The minimum absolute atomic E-state index is 0.270. The maximum Gasteiger partial charge on any atom is 0.245 e. The Bertz CT molecular complexity index is 654. The molecule has 1 aromatic heterocycles. The van der Waals surface area contributed by atoms with E-state index in [1.165, 1.54) is 15.6 Å². The summed E-state index contributed by atoms with van der Waals surface area (Å²) in [6.45, 7) is 2.87. The number of aromatic nitrogens is 1. The third-order valence-corrected chi connectivity index (χ3v) is 5.31. The largest absolute Gasteiger partial charge is 0.384 e. The van der Waals surface area contributed by atoms with E-state index < -0.39 is 10.0 Å². The van der Waals surface area contributed by atoms with E-state index >= 15 is 0 Å². The van der Waals surface area contributed by atoms with Gasteiger partial charge < -0.3 is 5.32 Å². The summed E-state index contributed by atoms with van der Waals surface area (Å²) in [5, 5.41) is 4.93. The van der Waals surface area contributed by atoms with Crippen molar-refractivity contribution in [2.24, 2.45) is 0 Å². The van der Waals surface area contributed by atoms with E-state index in [1.807, 2.05) is 18.4 Å². The van der Waals surface area contributed by atoms with E-state index in [9.17, 15) is 8.42 Å². The molecule has 2 aromatic rings. The number of anilines is 1. The Kier molecular flexibility index (Phi) is 4.74. The first-order valence-electron chi connectivity index (χ1n) is 6.22. The molecule has 1 aromatic carbocycles. The zero-order chi connectivity index (χ0) is 14.6. The van der Waals surface area contributed by atoms with Gasteiger partial charge in [0.2, 0.25) is 10.0 Å². The van der Waals surface area contributed by atoms with Gasteiger partial charge in [-0.15, -0.1) is 11.3 Å². The lowest BCUT2D eigenvalue weighted by Gasteiger charge is -2.18. The smallest absolute Gasteiger partial charge is 0.245 e. The molecule has 0 saturated carbocycles. The number of para-hydroxylation sites is 1. The first kappa shape index (κ1) is 15.0. The minimum Gasteiger partial charge on any atom is -0.384 e. The average molecular weight is 311 g/mol. The fourth-order valence-electron chi connectivity index (χ4n) is 1.82. The van der Waals surface area contributed by atoms with Gasteiger partial charge in [0, 0.05) is 19.0 Å². The van der Waals surface area contributed by atoms with Crippen molar-refractivity contribution in [3.05, 3.63) is 40.8 Å². The summed E-state index contributed by atoms with van der Waals surface area (Å²) < 4.78 is 26.5. The molecule has 0 fully saturated rings. The van der Waals surface area contributed by atoms with Crippen LogP contribution in [0.25, 0.3) is 0 Å². The molecule has 0 atom stereocenters. The molecule has 0 aliphatic heterocycles. The molecule has 0 bridgehead atoms. The molecule has 0 aliphatic carbocycles. The number of rotatable bonds is 6. The molecule has 0 radical (unpaired) electrons. The highest BCUT2D eigenvalue weighted by Crippen LogP contribution is 2.24. The predicted molar refractivity (Wildman–Crippen MR) is 81.4 cm³/mol. The summed E-state index contributed by atoms with van der Waals surface area (Å²) in [6, 6.07) is 6.93. The third-order valence-electron chi connectivity index (χ3n) is 2.81. The second-order valence-electron chi connectivity index (χ2n) is 4.27. The van der Waals surface area contributed by atoms with Crippen LogP contribution < -0.4 is 5.32 Å². The summed E-state index contributed by atoms with van der Waals surface area (Å²) in [4.78, 5) is 4.41. The van der Waals surface area contributed by atoms with Gasteiger partial charge in [0.15, 0.2) is 0 Å². The molecule has 0 aliphatic rings. The normalized spacial score (nSPS) is 11.8. The van der Waals surface area contributed by atoms with Gasteiger partial charge in [-0.2, -0.15) is 4.31 Å². The highest BCUT2D eigenvalue weighted by Gasteiger charge is 2.24. The van der Waals surface area contributed by atoms with Crippen molar-refractivity contribution < 1.29 is 8.42 Å². The molecule has 1 N–H and O–H groups in total. The van der Waals surface area contributed by atoms with E-state index in [0.29, 0.717) is 17.1 Å². The van der Waals surface area contributed by atoms with Crippen LogP contribution in [-0.2, 0) is 16.6 Å². The molecule has 0 amide bonds. The van der Waals surface area contributed by atoms with Crippen molar-refractivity contribution in [2.75, 3.05) is 18.9 Å². The second kappa shape index (κ2) is 6.34. The molecular weight excluding hydrogens is 294 g/mol. The number of hydrogen-bond donors (Lipinski definition) is 1. The monoisotopic (exact) mass is 311 g/mol. The Morgan fingerprint density at radius 2 is 2.10 bits per heavy atom. The fraction of sp³-hybridized carbons (Fsp3) is 0.308. The maximum absolute atomic E-state index is 12.6. The highest BCUT2D eigenvalue weighted by atomic mass is 32.2. The van der Waals surface area contributed by atoms with Crippen molar-refractivity contribution in [3.8, 4) is 0 Å². The number of benzene rings is 1. The summed E-state index contributed by atoms with van der Waals surface area (Å²) in [5.74, 6) is 0. The first-order valence-corrected chi connectivity index (χ1v) is 8.60. The van der Waals surface area contributed by atoms with Crippen LogP contribution in [0.1, 0.15) is 12.6 Å². The van der Waals surface area contributed by atoms with Crippen LogP contribution in [0.4, 0.5) is 5.69 Å².